The van der Waals surface area contributed by atoms with Crippen molar-refractivity contribution in [1.29, 1.82) is 0 Å². The van der Waals surface area contributed by atoms with Gasteiger partial charge in [-0.05, 0) is 28.8 Å². The molecule has 0 aromatic heterocycles. The molecule has 2 aromatic rings. The van der Waals surface area contributed by atoms with E-state index < -0.39 is 60.7 Å². The van der Waals surface area contributed by atoms with Crippen LogP contribution in [0.4, 0.5) is 0 Å². The number of fused-ring (bicyclic) bond motifs is 2. The molecule has 1 saturated heterocycles. The first kappa shape index (κ1) is 22.2. The number of hydrogen-bond acceptors (Lipinski definition) is 10. The van der Waals surface area contributed by atoms with Gasteiger partial charge in [0.2, 0.25) is 12.1 Å². The van der Waals surface area contributed by atoms with Gasteiger partial charge in [0.05, 0.1) is 17.7 Å². The summed E-state index contributed by atoms with van der Waals surface area (Å²) in [6.45, 7) is 0.621. The molecule has 1 fully saturated rings. The highest BCUT2D eigenvalue weighted by Crippen LogP contribution is 2.47. The molecule has 10 heteroatoms. The zero-order valence-electron chi connectivity index (χ0n) is 16.9. The van der Waals surface area contributed by atoms with Crippen LogP contribution in [-0.2, 0) is 20.9 Å². The van der Waals surface area contributed by atoms with Crippen LogP contribution in [0.3, 0.4) is 0 Å². The number of carbonyl (C=O) groups is 2. The summed E-state index contributed by atoms with van der Waals surface area (Å²) in [5.74, 6) is -3.32. The van der Waals surface area contributed by atoms with Crippen LogP contribution in [-0.4, -0.2) is 73.1 Å². The molecule has 1 aliphatic carbocycles. The van der Waals surface area contributed by atoms with Crippen LogP contribution in [0.15, 0.2) is 30.3 Å². The number of aliphatic hydroxyl groups excluding tert-OH is 4. The highest BCUT2D eigenvalue weighted by atomic mass is 16.7. The second-order valence-electron chi connectivity index (χ2n) is 7.84. The molecule has 0 spiro atoms. The number of hydrogen-bond donors (Lipinski definition) is 6. The minimum Gasteiger partial charge on any atom is -0.507 e. The normalized spacial score (nSPS) is 29.2. The number of aliphatic hydroxyl groups is 4. The highest BCUT2D eigenvalue weighted by Gasteiger charge is 2.51. The van der Waals surface area contributed by atoms with Crippen molar-refractivity contribution >= 4 is 11.8 Å². The third kappa shape index (κ3) is 3.42. The van der Waals surface area contributed by atoms with Gasteiger partial charge < -0.3 is 40.1 Å². The molecule has 0 radical (unpaired) electrons. The first-order chi connectivity index (χ1) is 15.1. The fourth-order valence-electron chi connectivity index (χ4n) is 4.41. The van der Waals surface area contributed by atoms with Crippen LogP contribution in [0.2, 0.25) is 0 Å². The molecule has 1 heterocycles. The lowest BCUT2D eigenvalue weighted by molar-refractivity contribution is -0.289. The van der Waals surface area contributed by atoms with Crippen LogP contribution in [0, 0.1) is 0 Å². The van der Waals surface area contributed by atoms with Gasteiger partial charge in [0.25, 0.3) is 0 Å². The maximum Gasteiger partial charge on any atom is 0.305 e. The minimum atomic E-state index is -1.77. The van der Waals surface area contributed by atoms with Crippen molar-refractivity contribution in [3.63, 3.8) is 0 Å². The topological polar surface area (TPSA) is 174 Å². The van der Waals surface area contributed by atoms with Crippen LogP contribution < -0.4 is 0 Å². The lowest BCUT2D eigenvalue weighted by Crippen LogP contribution is -2.60. The molecule has 1 aliphatic heterocycles. The SMILES string of the molecule is CC(=O)O[C@@H]1O[C@@H]([C@H]2c3cccc(O)c3C(=O)c3c(O)cc(CO)cc32)[C@H](O)[C@@H](O)[C@@H]1O. The molecule has 32 heavy (non-hydrogen) atoms. The molecule has 170 valence electrons. The third-order valence-corrected chi connectivity index (χ3v) is 5.81. The first-order valence-corrected chi connectivity index (χ1v) is 9.85. The Balaban J connectivity index is 1.93. The van der Waals surface area contributed by atoms with Crippen molar-refractivity contribution in [3.05, 3.63) is 58.1 Å². The second kappa shape index (κ2) is 8.15. The standard InChI is InChI=1S/C22H22O10/c1-8(24)31-22-20(30)18(28)19(29)21(32-22)14-10-3-2-4-12(25)15(10)17(27)16-11(14)5-9(7-23)6-13(16)26/h2-6,14,18-23,25-26,28-30H,7H2,1H3/t14-,18+,19+,20-,21-,22+/m0/s1. The van der Waals surface area contributed by atoms with Crippen molar-refractivity contribution in [3.8, 4) is 11.5 Å². The predicted octanol–water partition coefficient (Wildman–Crippen LogP) is -0.363. The zero-order chi connectivity index (χ0) is 23.3. The summed E-state index contributed by atoms with van der Waals surface area (Å²) >= 11 is 0. The number of benzene rings is 2. The Hall–Kier alpha value is -3.02. The Labute approximate surface area is 181 Å². The molecule has 2 aliphatic rings. The Bertz CT molecular complexity index is 1080. The quantitative estimate of drug-likeness (QED) is 0.342. The summed E-state index contributed by atoms with van der Waals surface area (Å²) < 4.78 is 10.6. The third-order valence-electron chi connectivity index (χ3n) is 5.81. The van der Waals surface area contributed by atoms with Gasteiger partial charge in [0, 0.05) is 12.8 Å². The zero-order valence-corrected chi connectivity index (χ0v) is 16.9. The average molecular weight is 446 g/mol. The summed E-state index contributed by atoms with van der Waals surface area (Å²) in [5, 5.41) is 61.9. The summed E-state index contributed by atoms with van der Waals surface area (Å²) in [6.07, 6.45) is -8.19. The van der Waals surface area contributed by atoms with E-state index >= 15 is 0 Å². The van der Waals surface area contributed by atoms with Gasteiger partial charge in [-0.15, -0.1) is 0 Å². The minimum absolute atomic E-state index is 0.127. The van der Waals surface area contributed by atoms with Crippen molar-refractivity contribution in [2.75, 3.05) is 0 Å². The van der Waals surface area contributed by atoms with Crippen LogP contribution >= 0.6 is 0 Å². The lowest BCUT2D eigenvalue weighted by atomic mass is 9.71. The number of ketones is 1. The molecule has 6 N–H and O–H groups in total. The first-order valence-electron chi connectivity index (χ1n) is 9.85. The fourth-order valence-corrected chi connectivity index (χ4v) is 4.41. The van der Waals surface area contributed by atoms with E-state index in [1.54, 1.807) is 0 Å². The van der Waals surface area contributed by atoms with E-state index in [0.29, 0.717) is 0 Å². The van der Waals surface area contributed by atoms with E-state index in [1.807, 2.05) is 0 Å². The van der Waals surface area contributed by atoms with Gasteiger partial charge in [0.15, 0.2) is 0 Å². The summed E-state index contributed by atoms with van der Waals surface area (Å²) in [5.41, 5.74) is 0.377. The molecule has 10 nitrogen and oxygen atoms in total. The van der Waals surface area contributed by atoms with E-state index in [-0.39, 0.29) is 33.6 Å². The van der Waals surface area contributed by atoms with Crippen molar-refractivity contribution in [1.82, 2.24) is 0 Å². The number of ether oxygens (including phenoxy) is 2. The van der Waals surface area contributed by atoms with Gasteiger partial charge in [-0.1, -0.05) is 18.2 Å². The van der Waals surface area contributed by atoms with Gasteiger partial charge >= 0.3 is 5.97 Å². The maximum absolute atomic E-state index is 13.1. The molecule has 4 rings (SSSR count). The lowest BCUT2D eigenvalue weighted by Gasteiger charge is -2.44. The van der Waals surface area contributed by atoms with Gasteiger partial charge in [-0.3, -0.25) is 9.59 Å². The Morgan fingerprint density at radius 2 is 1.69 bits per heavy atom. The van der Waals surface area contributed by atoms with Crippen molar-refractivity contribution < 1.29 is 49.7 Å². The van der Waals surface area contributed by atoms with Gasteiger partial charge in [-0.25, -0.2) is 0 Å². The van der Waals surface area contributed by atoms with Crippen LogP contribution in [0.1, 0.15) is 45.5 Å². The van der Waals surface area contributed by atoms with E-state index in [9.17, 15) is 40.2 Å². The van der Waals surface area contributed by atoms with E-state index in [4.69, 9.17) is 9.47 Å². The number of phenols is 2. The molecule has 6 atom stereocenters. The van der Waals surface area contributed by atoms with E-state index in [0.717, 1.165) is 6.92 Å². The van der Waals surface area contributed by atoms with Gasteiger partial charge in [0.1, 0.15) is 35.9 Å². The monoisotopic (exact) mass is 446 g/mol. The van der Waals surface area contributed by atoms with Crippen molar-refractivity contribution in [2.45, 2.75) is 50.2 Å². The summed E-state index contributed by atoms with van der Waals surface area (Å²) in [7, 11) is 0. The highest BCUT2D eigenvalue weighted by molar-refractivity contribution is 6.16. The number of rotatable bonds is 3. The average Bonchev–Trinajstić information content (AvgIpc) is 2.74. The van der Waals surface area contributed by atoms with Crippen LogP contribution in [0.5, 0.6) is 11.5 Å². The predicted molar refractivity (Wildman–Crippen MR) is 106 cm³/mol. The molecule has 2 aromatic carbocycles. The molecular formula is C22H22O10. The number of carbonyl (C=O) groups excluding carboxylic acids is 2. The molecule has 0 saturated carbocycles. The Kier molecular flexibility index (Phi) is 5.65. The van der Waals surface area contributed by atoms with Crippen molar-refractivity contribution in [2.24, 2.45) is 0 Å². The maximum atomic E-state index is 13.1. The summed E-state index contributed by atoms with van der Waals surface area (Å²) in [4.78, 5) is 24.6. The molecular weight excluding hydrogens is 424 g/mol. The Morgan fingerprint density at radius 3 is 2.34 bits per heavy atom. The van der Waals surface area contributed by atoms with Crippen LogP contribution in [0.25, 0.3) is 0 Å². The Morgan fingerprint density at radius 1 is 1.00 bits per heavy atom. The summed E-state index contributed by atoms with van der Waals surface area (Å²) in [6, 6.07) is 6.92. The molecule has 0 amide bonds. The number of aromatic hydroxyl groups is 2. The van der Waals surface area contributed by atoms with Gasteiger partial charge in [-0.2, -0.15) is 0 Å². The molecule has 0 bridgehead atoms. The van der Waals surface area contributed by atoms with E-state index in [2.05, 4.69) is 0 Å². The number of esters is 1. The molecule has 0 unspecified atom stereocenters. The largest absolute Gasteiger partial charge is 0.507 e. The van der Waals surface area contributed by atoms with E-state index in [1.165, 1.54) is 30.3 Å². The fraction of sp³-hybridized carbons (Fsp3) is 0.364. The second-order valence-corrected chi connectivity index (χ2v) is 7.84. The smallest absolute Gasteiger partial charge is 0.305 e. The number of phenolic OH excluding ortho intramolecular Hbond substituents is 2.